The van der Waals surface area contributed by atoms with Gasteiger partial charge in [-0.05, 0) is 55.7 Å². The van der Waals surface area contributed by atoms with Gasteiger partial charge in [-0.1, -0.05) is 0 Å². The lowest BCUT2D eigenvalue weighted by Crippen LogP contribution is -2.41. The van der Waals surface area contributed by atoms with E-state index in [4.69, 9.17) is 10.00 Å². The van der Waals surface area contributed by atoms with Gasteiger partial charge in [-0.2, -0.15) is 5.26 Å². The molecule has 31 heavy (non-hydrogen) atoms. The van der Waals surface area contributed by atoms with Crippen LogP contribution in [-0.2, 0) is 10.2 Å². The highest BCUT2D eigenvalue weighted by Gasteiger charge is 2.54. The predicted molar refractivity (Wildman–Crippen MR) is 108 cm³/mol. The Morgan fingerprint density at radius 2 is 2.06 bits per heavy atom. The van der Waals surface area contributed by atoms with Crippen molar-refractivity contribution in [1.82, 2.24) is 10.3 Å². The van der Waals surface area contributed by atoms with Crippen LogP contribution in [0.2, 0.25) is 0 Å². The highest BCUT2D eigenvalue weighted by atomic mass is 19.1. The zero-order valence-electron chi connectivity index (χ0n) is 16.5. The van der Waals surface area contributed by atoms with E-state index in [-0.39, 0.29) is 23.5 Å². The van der Waals surface area contributed by atoms with Crippen LogP contribution in [0.25, 0.3) is 10.9 Å². The number of amides is 1. The van der Waals surface area contributed by atoms with Gasteiger partial charge in [-0.3, -0.25) is 9.59 Å². The molecule has 1 fully saturated rings. The Labute approximate surface area is 175 Å². The number of hydrogen-bond donors (Lipinski definition) is 2. The summed E-state index contributed by atoms with van der Waals surface area (Å²) in [4.78, 5) is 28.9. The van der Waals surface area contributed by atoms with E-state index >= 15 is 0 Å². The highest BCUT2D eigenvalue weighted by Crippen LogP contribution is 2.49. The molecule has 2 heterocycles. The molecular formula is C23H17F2N3O3. The predicted octanol–water partition coefficient (Wildman–Crippen LogP) is 3.27. The first-order valence-electron chi connectivity index (χ1n) is 9.84. The lowest BCUT2D eigenvalue weighted by molar-refractivity contribution is -0.124. The Bertz CT molecular complexity index is 1370. The van der Waals surface area contributed by atoms with E-state index < -0.39 is 34.6 Å². The maximum Gasteiger partial charge on any atom is 0.252 e. The van der Waals surface area contributed by atoms with Crippen molar-refractivity contribution in [2.45, 2.75) is 31.2 Å². The van der Waals surface area contributed by atoms with Crippen molar-refractivity contribution in [3.05, 3.63) is 74.6 Å². The van der Waals surface area contributed by atoms with Gasteiger partial charge in [0.25, 0.3) is 5.56 Å². The van der Waals surface area contributed by atoms with Crippen LogP contribution >= 0.6 is 0 Å². The molecule has 1 aliphatic carbocycles. The second-order valence-corrected chi connectivity index (χ2v) is 8.04. The van der Waals surface area contributed by atoms with E-state index in [1.807, 2.05) is 6.07 Å². The monoisotopic (exact) mass is 421 g/mol. The minimum Gasteiger partial charge on any atom is -0.491 e. The number of aromatic nitrogens is 1. The number of aryl methyl sites for hydroxylation is 1. The van der Waals surface area contributed by atoms with E-state index in [1.54, 1.807) is 6.92 Å². The van der Waals surface area contributed by atoms with Crippen LogP contribution in [0.15, 0.2) is 35.1 Å². The first-order valence-corrected chi connectivity index (χ1v) is 9.84. The Kier molecular flexibility index (Phi) is 4.12. The van der Waals surface area contributed by atoms with Gasteiger partial charge in [0.2, 0.25) is 5.91 Å². The molecule has 1 saturated carbocycles. The average molecular weight is 421 g/mol. The number of pyridine rings is 1. The van der Waals surface area contributed by atoms with Crippen LogP contribution in [0.5, 0.6) is 5.75 Å². The zero-order chi connectivity index (χ0) is 21.9. The number of hydrogen-bond acceptors (Lipinski definition) is 4. The zero-order valence-corrected chi connectivity index (χ0v) is 16.5. The number of nitrogens with one attached hydrogen (secondary N) is 2. The SMILES string of the molecule is Cc1c(C2(C(=O)N[C@@H]3COc4cc(C#N)cc(F)c43)CC2)c(=O)[nH]c2ccc(F)cc12. The van der Waals surface area contributed by atoms with Crippen molar-refractivity contribution in [3.63, 3.8) is 0 Å². The van der Waals surface area contributed by atoms with Crippen molar-refractivity contribution >= 4 is 16.8 Å². The molecule has 1 aromatic heterocycles. The summed E-state index contributed by atoms with van der Waals surface area (Å²) < 4.78 is 33.8. The van der Waals surface area contributed by atoms with Crippen LogP contribution in [-0.4, -0.2) is 17.5 Å². The second kappa shape index (κ2) is 6.64. The Balaban J connectivity index is 1.51. The third kappa shape index (κ3) is 2.88. The summed E-state index contributed by atoms with van der Waals surface area (Å²) in [5.74, 6) is -1.24. The van der Waals surface area contributed by atoms with Crippen LogP contribution in [0.4, 0.5) is 8.78 Å². The van der Waals surface area contributed by atoms with Crippen molar-refractivity contribution in [1.29, 1.82) is 5.26 Å². The third-order valence-electron chi connectivity index (χ3n) is 6.18. The number of carbonyl (C=O) groups is 1. The average Bonchev–Trinajstić information content (AvgIpc) is 3.43. The molecule has 5 rings (SSSR count). The summed E-state index contributed by atoms with van der Waals surface area (Å²) in [6.45, 7) is 1.73. The van der Waals surface area contributed by atoms with E-state index in [0.29, 0.717) is 34.9 Å². The quantitative estimate of drug-likeness (QED) is 0.679. The van der Waals surface area contributed by atoms with E-state index in [2.05, 4.69) is 10.3 Å². The molecule has 1 amide bonds. The fourth-order valence-electron chi connectivity index (χ4n) is 4.50. The number of carbonyl (C=O) groups excluding carboxylic acids is 1. The van der Waals surface area contributed by atoms with Gasteiger partial charge in [0.05, 0.1) is 28.7 Å². The van der Waals surface area contributed by atoms with Crippen molar-refractivity contribution in [2.24, 2.45) is 0 Å². The van der Waals surface area contributed by atoms with E-state index in [1.165, 1.54) is 24.3 Å². The summed E-state index contributed by atoms with van der Waals surface area (Å²) in [5, 5.41) is 12.3. The van der Waals surface area contributed by atoms with Gasteiger partial charge < -0.3 is 15.0 Å². The number of nitrogens with zero attached hydrogens (tertiary/aromatic N) is 1. The number of halogens is 2. The lowest BCUT2D eigenvalue weighted by Gasteiger charge is -2.21. The normalized spacial score (nSPS) is 18.2. The molecule has 2 aliphatic rings. The van der Waals surface area contributed by atoms with Crippen molar-refractivity contribution in [3.8, 4) is 11.8 Å². The topological polar surface area (TPSA) is 95.0 Å². The molecule has 0 unspecified atom stereocenters. The molecule has 156 valence electrons. The van der Waals surface area contributed by atoms with Crippen LogP contribution in [0.3, 0.4) is 0 Å². The van der Waals surface area contributed by atoms with E-state index in [9.17, 15) is 18.4 Å². The Morgan fingerprint density at radius 3 is 2.77 bits per heavy atom. The largest absolute Gasteiger partial charge is 0.491 e. The van der Waals surface area contributed by atoms with Gasteiger partial charge in [-0.25, -0.2) is 8.78 Å². The number of nitriles is 1. The molecule has 1 aliphatic heterocycles. The fourth-order valence-corrected chi connectivity index (χ4v) is 4.50. The summed E-state index contributed by atoms with van der Waals surface area (Å²) in [5.41, 5.74) is 0.238. The molecule has 6 nitrogen and oxygen atoms in total. The molecule has 3 aromatic rings. The number of H-pyrrole nitrogens is 1. The summed E-state index contributed by atoms with van der Waals surface area (Å²) in [7, 11) is 0. The Morgan fingerprint density at radius 1 is 1.29 bits per heavy atom. The second-order valence-electron chi connectivity index (χ2n) is 8.04. The number of aromatic amines is 1. The molecule has 0 radical (unpaired) electrons. The Hall–Kier alpha value is -3.73. The molecule has 2 N–H and O–H groups in total. The van der Waals surface area contributed by atoms with Gasteiger partial charge in [-0.15, -0.1) is 0 Å². The first kappa shape index (κ1) is 19.2. The van der Waals surface area contributed by atoms with E-state index in [0.717, 1.165) is 6.07 Å². The molecule has 0 spiro atoms. The lowest BCUT2D eigenvalue weighted by atomic mass is 9.89. The number of fused-ring (bicyclic) bond motifs is 2. The third-order valence-corrected chi connectivity index (χ3v) is 6.18. The van der Waals surface area contributed by atoms with Gasteiger partial charge in [0.1, 0.15) is 24.0 Å². The van der Waals surface area contributed by atoms with Crippen LogP contribution < -0.4 is 15.6 Å². The van der Waals surface area contributed by atoms with Crippen LogP contribution in [0.1, 0.15) is 41.1 Å². The van der Waals surface area contributed by atoms with Crippen molar-refractivity contribution in [2.75, 3.05) is 6.61 Å². The van der Waals surface area contributed by atoms with Crippen molar-refractivity contribution < 1.29 is 18.3 Å². The summed E-state index contributed by atoms with van der Waals surface area (Å²) in [6.07, 6.45) is 0.916. The molecule has 8 heteroatoms. The molecule has 0 saturated heterocycles. The first-order chi connectivity index (χ1) is 14.8. The number of benzene rings is 2. The molecule has 0 bridgehead atoms. The standard InChI is InChI=1S/C23H17F2N3O3/c1-11-14-8-13(24)2-3-16(14)27-21(29)20(11)23(4-5-23)22(30)28-17-10-31-18-7-12(9-26)6-15(25)19(17)18/h2-3,6-8,17H,4-5,10H2,1H3,(H,27,29)(H,28,30)/t17-/m1/s1. The molecular weight excluding hydrogens is 404 g/mol. The molecule has 1 atom stereocenters. The maximum absolute atomic E-state index is 14.5. The molecule has 2 aromatic carbocycles. The smallest absolute Gasteiger partial charge is 0.252 e. The van der Waals surface area contributed by atoms with Gasteiger partial charge in [0.15, 0.2) is 0 Å². The highest BCUT2D eigenvalue weighted by molar-refractivity contribution is 5.94. The van der Waals surface area contributed by atoms with Gasteiger partial charge in [0, 0.05) is 16.5 Å². The minimum absolute atomic E-state index is 0.0290. The maximum atomic E-state index is 14.5. The van der Waals surface area contributed by atoms with Crippen LogP contribution in [0, 0.1) is 29.9 Å². The fraction of sp³-hybridized carbons (Fsp3) is 0.261. The van der Waals surface area contributed by atoms with Gasteiger partial charge >= 0.3 is 0 Å². The summed E-state index contributed by atoms with van der Waals surface area (Å²) in [6, 6.07) is 7.77. The minimum atomic E-state index is -1.05. The number of ether oxygens (including phenoxy) is 1. The summed E-state index contributed by atoms with van der Waals surface area (Å²) >= 11 is 0. The number of rotatable bonds is 3.